The standard InChI is InChI=1S/C24H33N3O4S/c1-17(2)31-23-12-11-20(32(29,30)27-13-6-5-7-14-27)15-22(23)25-16-24(28)26-21-10-8-9-18(3)19(21)4/h8-12,15,17,25H,5-7,13-14,16H2,1-4H3,(H,26,28). The normalized spacial score (nSPS) is 14.9. The molecule has 174 valence electrons. The summed E-state index contributed by atoms with van der Waals surface area (Å²) in [6, 6.07) is 10.5. The van der Waals surface area contributed by atoms with Gasteiger partial charge >= 0.3 is 0 Å². The summed E-state index contributed by atoms with van der Waals surface area (Å²) in [5, 5.41) is 5.98. The highest BCUT2D eigenvalue weighted by Crippen LogP contribution is 2.31. The molecule has 0 aliphatic carbocycles. The molecular formula is C24H33N3O4S. The van der Waals surface area contributed by atoms with Crippen LogP contribution < -0.4 is 15.4 Å². The summed E-state index contributed by atoms with van der Waals surface area (Å²) in [6.07, 6.45) is 2.70. The van der Waals surface area contributed by atoms with Crippen LogP contribution in [0.2, 0.25) is 0 Å². The highest BCUT2D eigenvalue weighted by atomic mass is 32.2. The molecule has 0 atom stereocenters. The zero-order valence-corrected chi connectivity index (χ0v) is 20.1. The molecule has 1 heterocycles. The molecule has 1 aliphatic rings. The first kappa shape index (κ1) is 24.1. The maximum atomic E-state index is 13.1. The predicted molar refractivity (Wildman–Crippen MR) is 128 cm³/mol. The minimum absolute atomic E-state index is 0.0188. The summed E-state index contributed by atoms with van der Waals surface area (Å²) in [7, 11) is -3.59. The van der Waals surface area contributed by atoms with E-state index in [1.54, 1.807) is 18.2 Å². The number of hydrogen-bond acceptors (Lipinski definition) is 5. The molecule has 3 rings (SSSR count). The average Bonchev–Trinajstić information content (AvgIpc) is 2.76. The molecule has 0 radical (unpaired) electrons. The molecule has 2 N–H and O–H groups in total. The molecular weight excluding hydrogens is 426 g/mol. The Morgan fingerprint density at radius 2 is 1.78 bits per heavy atom. The summed E-state index contributed by atoms with van der Waals surface area (Å²) in [5.41, 5.74) is 3.35. The summed E-state index contributed by atoms with van der Waals surface area (Å²) >= 11 is 0. The lowest BCUT2D eigenvalue weighted by Gasteiger charge is -2.26. The lowest BCUT2D eigenvalue weighted by molar-refractivity contribution is -0.114. The zero-order chi connectivity index (χ0) is 23.3. The second kappa shape index (κ2) is 10.4. The van der Waals surface area contributed by atoms with Gasteiger partial charge in [-0.1, -0.05) is 18.6 Å². The third kappa shape index (κ3) is 5.81. The van der Waals surface area contributed by atoms with E-state index in [2.05, 4.69) is 10.6 Å². The number of amides is 1. The monoisotopic (exact) mass is 459 g/mol. The van der Waals surface area contributed by atoms with Crippen molar-refractivity contribution in [3.63, 3.8) is 0 Å². The second-order valence-electron chi connectivity index (χ2n) is 8.44. The highest BCUT2D eigenvalue weighted by molar-refractivity contribution is 7.89. The first-order chi connectivity index (χ1) is 15.2. The second-order valence-corrected chi connectivity index (χ2v) is 10.4. The van der Waals surface area contributed by atoms with E-state index in [-0.39, 0.29) is 23.5 Å². The number of carbonyl (C=O) groups is 1. The van der Waals surface area contributed by atoms with Gasteiger partial charge in [0.25, 0.3) is 0 Å². The Morgan fingerprint density at radius 1 is 1.06 bits per heavy atom. The highest BCUT2D eigenvalue weighted by Gasteiger charge is 2.27. The molecule has 1 saturated heterocycles. The van der Waals surface area contributed by atoms with Crippen LogP contribution in [0.3, 0.4) is 0 Å². The van der Waals surface area contributed by atoms with E-state index in [9.17, 15) is 13.2 Å². The molecule has 0 bridgehead atoms. The predicted octanol–water partition coefficient (Wildman–Crippen LogP) is 4.32. The van der Waals surface area contributed by atoms with Crippen molar-refractivity contribution in [2.75, 3.05) is 30.3 Å². The van der Waals surface area contributed by atoms with Gasteiger partial charge in [0, 0.05) is 18.8 Å². The van der Waals surface area contributed by atoms with Gasteiger partial charge in [-0.2, -0.15) is 4.31 Å². The topological polar surface area (TPSA) is 87.7 Å². The Morgan fingerprint density at radius 3 is 2.47 bits per heavy atom. The van der Waals surface area contributed by atoms with Gasteiger partial charge in [0.15, 0.2) is 0 Å². The first-order valence-electron chi connectivity index (χ1n) is 11.1. The van der Waals surface area contributed by atoms with Crippen LogP contribution in [0.5, 0.6) is 5.75 Å². The number of ether oxygens (including phenoxy) is 1. The lowest BCUT2D eigenvalue weighted by Crippen LogP contribution is -2.35. The van der Waals surface area contributed by atoms with Crippen LogP contribution in [0.25, 0.3) is 0 Å². The van der Waals surface area contributed by atoms with E-state index in [1.807, 2.05) is 45.9 Å². The van der Waals surface area contributed by atoms with Gasteiger partial charge < -0.3 is 15.4 Å². The van der Waals surface area contributed by atoms with Crippen molar-refractivity contribution >= 4 is 27.3 Å². The van der Waals surface area contributed by atoms with Gasteiger partial charge in [-0.15, -0.1) is 0 Å². The van der Waals surface area contributed by atoms with E-state index in [4.69, 9.17) is 4.74 Å². The molecule has 0 saturated carbocycles. The molecule has 8 heteroatoms. The number of anilines is 2. The van der Waals surface area contributed by atoms with Crippen molar-refractivity contribution in [3.8, 4) is 5.75 Å². The number of sulfonamides is 1. The molecule has 0 spiro atoms. The molecule has 2 aromatic rings. The van der Waals surface area contributed by atoms with Crippen molar-refractivity contribution in [2.24, 2.45) is 0 Å². The van der Waals surface area contributed by atoms with Gasteiger partial charge in [0.05, 0.1) is 23.2 Å². The van der Waals surface area contributed by atoms with Crippen LogP contribution in [0.15, 0.2) is 41.3 Å². The van der Waals surface area contributed by atoms with Crippen molar-refractivity contribution in [3.05, 3.63) is 47.5 Å². The van der Waals surface area contributed by atoms with E-state index in [1.165, 1.54) is 4.31 Å². The fourth-order valence-corrected chi connectivity index (χ4v) is 5.22. The minimum Gasteiger partial charge on any atom is -0.489 e. The average molecular weight is 460 g/mol. The Hall–Kier alpha value is -2.58. The Balaban J connectivity index is 1.79. The molecule has 0 aromatic heterocycles. The van der Waals surface area contributed by atoms with E-state index < -0.39 is 10.0 Å². The van der Waals surface area contributed by atoms with E-state index in [0.29, 0.717) is 24.5 Å². The number of benzene rings is 2. The molecule has 1 aliphatic heterocycles. The first-order valence-corrected chi connectivity index (χ1v) is 12.5. The van der Waals surface area contributed by atoms with Crippen molar-refractivity contribution < 1.29 is 17.9 Å². The van der Waals surface area contributed by atoms with Crippen LogP contribution in [-0.2, 0) is 14.8 Å². The molecule has 0 unspecified atom stereocenters. The largest absolute Gasteiger partial charge is 0.489 e. The fraction of sp³-hybridized carbons (Fsp3) is 0.458. The van der Waals surface area contributed by atoms with Crippen LogP contribution in [-0.4, -0.2) is 44.4 Å². The van der Waals surface area contributed by atoms with Gasteiger partial charge in [-0.05, 0) is 75.9 Å². The van der Waals surface area contributed by atoms with E-state index >= 15 is 0 Å². The fourth-order valence-electron chi connectivity index (χ4n) is 3.68. The van der Waals surface area contributed by atoms with Crippen LogP contribution in [0, 0.1) is 13.8 Å². The van der Waals surface area contributed by atoms with Crippen molar-refractivity contribution in [2.45, 2.75) is 58.0 Å². The number of carbonyl (C=O) groups excluding carboxylic acids is 1. The Kier molecular flexibility index (Phi) is 7.79. The quantitative estimate of drug-likeness (QED) is 0.614. The number of hydrogen-bond donors (Lipinski definition) is 2. The summed E-state index contributed by atoms with van der Waals surface area (Å²) in [6.45, 7) is 8.80. The molecule has 7 nitrogen and oxygen atoms in total. The van der Waals surface area contributed by atoms with Crippen LogP contribution in [0.1, 0.15) is 44.2 Å². The van der Waals surface area contributed by atoms with Crippen LogP contribution >= 0.6 is 0 Å². The number of nitrogens with zero attached hydrogens (tertiary/aromatic N) is 1. The van der Waals surface area contributed by atoms with Crippen LogP contribution in [0.4, 0.5) is 11.4 Å². The molecule has 1 amide bonds. The Labute approximate surface area is 191 Å². The van der Waals surface area contributed by atoms with Crippen molar-refractivity contribution in [1.82, 2.24) is 4.31 Å². The number of nitrogens with one attached hydrogen (secondary N) is 2. The summed E-state index contributed by atoms with van der Waals surface area (Å²) in [5.74, 6) is 0.288. The molecule has 2 aromatic carbocycles. The summed E-state index contributed by atoms with van der Waals surface area (Å²) in [4.78, 5) is 12.8. The summed E-state index contributed by atoms with van der Waals surface area (Å²) < 4.78 is 33.6. The number of aryl methyl sites for hydroxylation is 1. The van der Waals surface area contributed by atoms with Gasteiger partial charge in [-0.25, -0.2) is 8.42 Å². The van der Waals surface area contributed by atoms with Gasteiger partial charge in [-0.3, -0.25) is 4.79 Å². The molecule has 32 heavy (non-hydrogen) atoms. The third-order valence-electron chi connectivity index (χ3n) is 5.58. The Bertz CT molecular complexity index is 1060. The maximum Gasteiger partial charge on any atom is 0.243 e. The zero-order valence-electron chi connectivity index (χ0n) is 19.3. The lowest BCUT2D eigenvalue weighted by atomic mass is 10.1. The maximum absolute atomic E-state index is 13.1. The minimum atomic E-state index is -3.59. The third-order valence-corrected chi connectivity index (χ3v) is 7.48. The number of piperidine rings is 1. The van der Waals surface area contributed by atoms with Gasteiger partial charge in [0.2, 0.25) is 15.9 Å². The van der Waals surface area contributed by atoms with Crippen molar-refractivity contribution in [1.29, 1.82) is 0 Å². The number of rotatable bonds is 8. The SMILES string of the molecule is Cc1cccc(NC(=O)CNc2cc(S(=O)(=O)N3CCCCC3)ccc2OC(C)C)c1C. The smallest absolute Gasteiger partial charge is 0.243 e. The van der Waals surface area contributed by atoms with Gasteiger partial charge in [0.1, 0.15) is 5.75 Å². The van der Waals surface area contributed by atoms with E-state index in [0.717, 1.165) is 36.1 Å². The molecule has 1 fully saturated rings.